The molecule has 0 unspecified atom stereocenters. The molecule has 0 aliphatic carbocycles. The maximum atomic E-state index is 11.5. The molecule has 1 aromatic carbocycles. The molecule has 0 aliphatic rings. The number of benzene rings is 1. The van der Waals surface area contributed by atoms with Crippen molar-refractivity contribution in [1.82, 2.24) is 9.97 Å². The quantitative estimate of drug-likeness (QED) is 0.344. The normalized spacial score (nSPS) is 10.5. The number of hydrogen-bond donors (Lipinski definition) is 1. The molecule has 3 rings (SSSR count). The molecule has 1 N–H and O–H groups in total. The standard InChI is InChI=1S/C20H17N5O3S/c1-2-27-18(26)10-16-13-29-20(24-16)25-23-12-14-5-7-17(8-6-14)28-19-15(11-21)4-3-9-22-19/h3-9,12-13H,2,10H2,1H3,(H,24,25). The van der Waals surface area contributed by atoms with Gasteiger partial charge in [-0.05, 0) is 48.9 Å². The summed E-state index contributed by atoms with van der Waals surface area (Å²) in [4.78, 5) is 19.8. The predicted octanol–water partition coefficient (Wildman–Crippen LogP) is 3.75. The predicted molar refractivity (Wildman–Crippen MR) is 109 cm³/mol. The van der Waals surface area contributed by atoms with Crippen molar-refractivity contribution in [2.75, 3.05) is 12.0 Å². The Hall–Kier alpha value is -3.77. The first-order chi connectivity index (χ1) is 14.2. The van der Waals surface area contributed by atoms with Crippen LogP contribution in [0.1, 0.15) is 23.7 Å². The fourth-order valence-corrected chi connectivity index (χ4v) is 2.91. The van der Waals surface area contributed by atoms with Gasteiger partial charge in [0.15, 0.2) is 0 Å². The smallest absolute Gasteiger partial charge is 0.311 e. The van der Waals surface area contributed by atoms with E-state index >= 15 is 0 Å². The summed E-state index contributed by atoms with van der Waals surface area (Å²) in [5, 5.41) is 15.6. The van der Waals surface area contributed by atoms with Crippen LogP contribution in [0.15, 0.2) is 53.1 Å². The van der Waals surface area contributed by atoms with Gasteiger partial charge in [-0.25, -0.2) is 9.97 Å². The van der Waals surface area contributed by atoms with E-state index in [1.165, 1.54) is 11.3 Å². The summed E-state index contributed by atoms with van der Waals surface area (Å²) in [6.07, 6.45) is 3.35. The summed E-state index contributed by atoms with van der Waals surface area (Å²) in [6, 6.07) is 12.5. The first kappa shape index (κ1) is 20.0. The Balaban J connectivity index is 1.55. The van der Waals surface area contributed by atoms with Crippen LogP contribution in [-0.4, -0.2) is 28.8 Å². The topological polar surface area (TPSA) is 109 Å². The van der Waals surface area contributed by atoms with Crippen LogP contribution in [0.4, 0.5) is 5.13 Å². The fourth-order valence-electron chi connectivity index (χ4n) is 2.25. The van der Waals surface area contributed by atoms with Crippen LogP contribution in [0.25, 0.3) is 0 Å². The summed E-state index contributed by atoms with van der Waals surface area (Å²) in [5.74, 6) is 0.525. The molecule has 0 bridgehead atoms. The van der Waals surface area contributed by atoms with Crippen LogP contribution in [-0.2, 0) is 16.0 Å². The number of rotatable bonds is 8. The Morgan fingerprint density at radius 2 is 2.17 bits per heavy atom. The number of pyridine rings is 1. The van der Waals surface area contributed by atoms with Crippen LogP contribution in [0, 0.1) is 11.3 Å². The lowest BCUT2D eigenvalue weighted by Crippen LogP contribution is -2.07. The second-order valence-electron chi connectivity index (χ2n) is 5.63. The molecular weight excluding hydrogens is 390 g/mol. The maximum absolute atomic E-state index is 11.5. The second kappa shape index (κ2) is 9.96. The van der Waals surface area contributed by atoms with E-state index in [1.807, 2.05) is 18.2 Å². The van der Waals surface area contributed by atoms with E-state index in [-0.39, 0.29) is 18.3 Å². The zero-order chi connectivity index (χ0) is 20.5. The number of carbonyl (C=O) groups excluding carboxylic acids is 1. The van der Waals surface area contributed by atoms with E-state index in [1.54, 1.807) is 49.0 Å². The summed E-state index contributed by atoms with van der Waals surface area (Å²) in [5.41, 5.74) is 4.68. The molecule has 0 fully saturated rings. The molecule has 146 valence electrons. The third-order valence-electron chi connectivity index (χ3n) is 3.54. The van der Waals surface area contributed by atoms with Crippen molar-refractivity contribution in [3.8, 4) is 17.7 Å². The lowest BCUT2D eigenvalue weighted by molar-refractivity contribution is -0.142. The highest BCUT2D eigenvalue weighted by atomic mass is 32.1. The van der Waals surface area contributed by atoms with Gasteiger partial charge >= 0.3 is 5.97 Å². The molecule has 2 aromatic heterocycles. The molecule has 8 nitrogen and oxygen atoms in total. The van der Waals surface area contributed by atoms with Gasteiger partial charge in [0.05, 0.1) is 24.9 Å². The molecule has 29 heavy (non-hydrogen) atoms. The van der Waals surface area contributed by atoms with Gasteiger partial charge in [0.1, 0.15) is 17.4 Å². The van der Waals surface area contributed by atoms with Gasteiger partial charge in [0, 0.05) is 11.6 Å². The molecular formula is C20H17N5O3S. The van der Waals surface area contributed by atoms with Gasteiger partial charge in [-0.15, -0.1) is 11.3 Å². The van der Waals surface area contributed by atoms with Gasteiger partial charge in [-0.3, -0.25) is 10.2 Å². The highest BCUT2D eigenvalue weighted by Gasteiger charge is 2.08. The Labute approximate surface area is 171 Å². The number of aromatic nitrogens is 2. The molecule has 0 amide bonds. The zero-order valence-corrected chi connectivity index (χ0v) is 16.3. The number of hydrazone groups is 1. The van der Waals surface area contributed by atoms with Crippen molar-refractivity contribution in [3.63, 3.8) is 0 Å². The van der Waals surface area contributed by atoms with Crippen LogP contribution in [0.2, 0.25) is 0 Å². The molecule has 0 spiro atoms. The van der Waals surface area contributed by atoms with Crippen molar-refractivity contribution in [3.05, 3.63) is 64.8 Å². The molecule has 2 heterocycles. The number of carbonyl (C=O) groups is 1. The molecule has 9 heteroatoms. The SMILES string of the molecule is CCOC(=O)Cc1csc(NN=Cc2ccc(Oc3ncccc3C#N)cc2)n1. The number of nitriles is 1. The minimum Gasteiger partial charge on any atom is -0.466 e. The summed E-state index contributed by atoms with van der Waals surface area (Å²) < 4.78 is 10.5. The van der Waals surface area contributed by atoms with Crippen molar-refractivity contribution < 1.29 is 14.3 Å². The molecule has 0 aliphatic heterocycles. The average Bonchev–Trinajstić information content (AvgIpc) is 3.17. The lowest BCUT2D eigenvalue weighted by atomic mass is 10.2. The number of hydrogen-bond acceptors (Lipinski definition) is 9. The van der Waals surface area contributed by atoms with E-state index in [0.717, 1.165) is 5.56 Å². The largest absolute Gasteiger partial charge is 0.466 e. The number of nitrogens with zero attached hydrogens (tertiary/aromatic N) is 4. The number of nitrogens with one attached hydrogen (secondary N) is 1. The average molecular weight is 407 g/mol. The molecule has 3 aromatic rings. The number of thiazole rings is 1. The Kier molecular flexibility index (Phi) is 6.86. The fraction of sp³-hybridized carbons (Fsp3) is 0.150. The van der Waals surface area contributed by atoms with Crippen molar-refractivity contribution >= 4 is 28.7 Å². The number of anilines is 1. The Bertz CT molecular complexity index is 1040. The highest BCUT2D eigenvalue weighted by molar-refractivity contribution is 7.13. The minimum absolute atomic E-state index is 0.140. The Morgan fingerprint density at radius 3 is 2.93 bits per heavy atom. The molecule has 0 saturated carbocycles. The number of esters is 1. The minimum atomic E-state index is -0.303. The Morgan fingerprint density at radius 1 is 1.34 bits per heavy atom. The van der Waals surface area contributed by atoms with Crippen LogP contribution in [0.3, 0.4) is 0 Å². The van der Waals surface area contributed by atoms with E-state index in [4.69, 9.17) is 14.7 Å². The van der Waals surface area contributed by atoms with E-state index in [9.17, 15) is 4.79 Å². The lowest BCUT2D eigenvalue weighted by Gasteiger charge is -2.05. The van der Waals surface area contributed by atoms with Gasteiger partial charge < -0.3 is 9.47 Å². The summed E-state index contributed by atoms with van der Waals surface area (Å²) >= 11 is 1.35. The van der Waals surface area contributed by atoms with Crippen LogP contribution >= 0.6 is 11.3 Å². The monoisotopic (exact) mass is 407 g/mol. The van der Waals surface area contributed by atoms with Crippen LogP contribution in [0.5, 0.6) is 11.6 Å². The first-order valence-corrected chi connectivity index (χ1v) is 9.58. The summed E-state index contributed by atoms with van der Waals surface area (Å²) in [6.45, 7) is 2.12. The molecule has 0 atom stereocenters. The maximum Gasteiger partial charge on any atom is 0.311 e. The molecule has 0 radical (unpaired) electrons. The first-order valence-electron chi connectivity index (χ1n) is 8.70. The van der Waals surface area contributed by atoms with Gasteiger partial charge in [-0.2, -0.15) is 10.4 Å². The zero-order valence-electron chi connectivity index (χ0n) is 15.5. The van der Waals surface area contributed by atoms with Crippen LogP contribution < -0.4 is 10.2 Å². The second-order valence-corrected chi connectivity index (χ2v) is 6.49. The molecule has 0 saturated heterocycles. The van der Waals surface area contributed by atoms with Gasteiger partial charge in [0.25, 0.3) is 0 Å². The highest BCUT2D eigenvalue weighted by Crippen LogP contribution is 2.22. The third-order valence-corrected chi connectivity index (χ3v) is 4.34. The van der Waals surface area contributed by atoms with E-state index in [2.05, 4.69) is 20.5 Å². The van der Waals surface area contributed by atoms with Crippen molar-refractivity contribution in [2.24, 2.45) is 5.10 Å². The van der Waals surface area contributed by atoms with E-state index < -0.39 is 0 Å². The van der Waals surface area contributed by atoms with E-state index in [0.29, 0.717) is 28.7 Å². The third kappa shape index (κ3) is 5.85. The summed E-state index contributed by atoms with van der Waals surface area (Å²) in [7, 11) is 0. The van der Waals surface area contributed by atoms with Crippen molar-refractivity contribution in [2.45, 2.75) is 13.3 Å². The van der Waals surface area contributed by atoms with Crippen molar-refractivity contribution in [1.29, 1.82) is 5.26 Å². The van der Waals surface area contributed by atoms with Gasteiger partial charge in [-0.1, -0.05) is 0 Å². The number of ether oxygens (including phenoxy) is 2. The van der Waals surface area contributed by atoms with Gasteiger partial charge in [0.2, 0.25) is 11.0 Å².